The van der Waals surface area contributed by atoms with Crippen molar-refractivity contribution in [2.75, 3.05) is 5.75 Å². The number of fused-ring (bicyclic) bond motifs is 1. The van der Waals surface area contributed by atoms with Crippen LogP contribution in [0.4, 0.5) is 5.69 Å². The Morgan fingerprint density at radius 3 is 2.64 bits per heavy atom. The fourth-order valence-corrected chi connectivity index (χ4v) is 3.87. The quantitative estimate of drug-likeness (QED) is 0.502. The summed E-state index contributed by atoms with van der Waals surface area (Å²) in [6, 6.07) is 15.2. The number of aryl methyl sites for hydroxylation is 1. The molecule has 1 heterocycles. The molecule has 0 fully saturated rings. The van der Waals surface area contributed by atoms with Crippen molar-refractivity contribution in [3.63, 3.8) is 0 Å². The standard InChI is InChI=1S/C19H20N2O3S/c1-13-8-16-15(9-17(13)21(23)24)10-18(20-16)19(2,22)12-25-11-14-6-4-3-5-7-14/h3-10,20,22H,11-12H2,1-2H3. The van der Waals surface area contributed by atoms with Gasteiger partial charge in [0.2, 0.25) is 0 Å². The van der Waals surface area contributed by atoms with Crippen LogP contribution in [-0.4, -0.2) is 20.8 Å². The number of benzene rings is 2. The van der Waals surface area contributed by atoms with E-state index in [1.54, 1.807) is 43.8 Å². The molecule has 130 valence electrons. The van der Waals surface area contributed by atoms with Gasteiger partial charge in [-0.05, 0) is 31.5 Å². The van der Waals surface area contributed by atoms with Crippen LogP contribution in [0.1, 0.15) is 23.7 Å². The number of nitro benzene ring substituents is 1. The molecule has 0 saturated heterocycles. The van der Waals surface area contributed by atoms with Crippen molar-refractivity contribution in [1.82, 2.24) is 4.98 Å². The van der Waals surface area contributed by atoms with Gasteiger partial charge < -0.3 is 10.1 Å². The lowest BCUT2D eigenvalue weighted by atomic mass is 10.1. The van der Waals surface area contributed by atoms with E-state index in [4.69, 9.17) is 0 Å². The average molecular weight is 356 g/mol. The number of rotatable bonds is 6. The molecule has 25 heavy (non-hydrogen) atoms. The van der Waals surface area contributed by atoms with Gasteiger partial charge in [0.1, 0.15) is 5.60 Å². The first-order valence-corrected chi connectivity index (χ1v) is 9.14. The van der Waals surface area contributed by atoms with Crippen LogP contribution < -0.4 is 0 Å². The summed E-state index contributed by atoms with van der Waals surface area (Å²) < 4.78 is 0. The molecule has 3 rings (SSSR count). The van der Waals surface area contributed by atoms with Crippen molar-refractivity contribution in [2.45, 2.75) is 25.2 Å². The fourth-order valence-electron chi connectivity index (χ4n) is 2.78. The lowest BCUT2D eigenvalue weighted by Crippen LogP contribution is -2.24. The molecule has 6 heteroatoms. The van der Waals surface area contributed by atoms with E-state index in [-0.39, 0.29) is 10.6 Å². The average Bonchev–Trinajstić information content (AvgIpc) is 2.98. The van der Waals surface area contributed by atoms with Gasteiger partial charge in [-0.1, -0.05) is 30.3 Å². The molecule has 2 aromatic carbocycles. The molecule has 0 amide bonds. The maximum Gasteiger partial charge on any atom is 0.273 e. The van der Waals surface area contributed by atoms with Crippen LogP contribution in [0.3, 0.4) is 0 Å². The lowest BCUT2D eigenvalue weighted by molar-refractivity contribution is -0.385. The van der Waals surface area contributed by atoms with E-state index in [1.165, 1.54) is 5.56 Å². The maximum atomic E-state index is 11.1. The molecular formula is C19H20N2O3S. The SMILES string of the molecule is Cc1cc2[nH]c(C(C)(O)CSCc3ccccc3)cc2cc1[N+](=O)[O-]. The molecular weight excluding hydrogens is 336 g/mol. The number of aromatic amines is 1. The highest BCUT2D eigenvalue weighted by atomic mass is 32.2. The molecule has 0 saturated carbocycles. The third-order valence-corrected chi connectivity index (χ3v) is 5.51. The van der Waals surface area contributed by atoms with Gasteiger partial charge in [-0.15, -0.1) is 0 Å². The highest BCUT2D eigenvalue weighted by molar-refractivity contribution is 7.98. The molecule has 0 aliphatic heterocycles. The fraction of sp³-hybridized carbons (Fsp3) is 0.263. The summed E-state index contributed by atoms with van der Waals surface area (Å²) in [7, 11) is 0. The smallest absolute Gasteiger partial charge is 0.273 e. The van der Waals surface area contributed by atoms with Crippen LogP contribution in [0.2, 0.25) is 0 Å². The van der Waals surface area contributed by atoms with Crippen LogP contribution in [0, 0.1) is 17.0 Å². The van der Waals surface area contributed by atoms with Gasteiger partial charge in [-0.25, -0.2) is 0 Å². The van der Waals surface area contributed by atoms with Crippen molar-refractivity contribution in [3.8, 4) is 0 Å². The molecule has 0 bridgehead atoms. The monoisotopic (exact) mass is 356 g/mol. The number of aromatic nitrogens is 1. The number of thioether (sulfide) groups is 1. The van der Waals surface area contributed by atoms with Crippen molar-refractivity contribution >= 4 is 28.4 Å². The summed E-state index contributed by atoms with van der Waals surface area (Å²) in [6.07, 6.45) is 0. The third kappa shape index (κ3) is 3.86. The first-order valence-electron chi connectivity index (χ1n) is 7.99. The van der Waals surface area contributed by atoms with E-state index in [0.717, 1.165) is 16.7 Å². The zero-order chi connectivity index (χ0) is 18.0. The number of nitrogens with one attached hydrogen (secondary N) is 1. The maximum absolute atomic E-state index is 11.1. The minimum absolute atomic E-state index is 0.0937. The molecule has 3 aromatic rings. The predicted octanol–water partition coefficient (Wildman–Crippen LogP) is 4.53. The van der Waals surface area contributed by atoms with Crippen molar-refractivity contribution in [3.05, 3.63) is 75.5 Å². The molecule has 2 N–H and O–H groups in total. The largest absolute Gasteiger partial charge is 0.383 e. The number of nitrogens with zero attached hydrogens (tertiary/aromatic N) is 1. The van der Waals surface area contributed by atoms with E-state index in [2.05, 4.69) is 17.1 Å². The summed E-state index contributed by atoms with van der Waals surface area (Å²) in [5, 5.41) is 22.7. The summed E-state index contributed by atoms with van der Waals surface area (Å²) in [5.41, 5.74) is 2.34. The van der Waals surface area contributed by atoms with Crippen LogP contribution in [0.25, 0.3) is 10.9 Å². The summed E-state index contributed by atoms with van der Waals surface area (Å²) >= 11 is 1.65. The summed E-state index contributed by atoms with van der Waals surface area (Å²) in [5.74, 6) is 1.34. The molecule has 0 aliphatic rings. The van der Waals surface area contributed by atoms with Crippen LogP contribution >= 0.6 is 11.8 Å². The second-order valence-electron chi connectivity index (χ2n) is 6.42. The first kappa shape index (κ1) is 17.5. The predicted molar refractivity (Wildman–Crippen MR) is 102 cm³/mol. The van der Waals surface area contributed by atoms with Gasteiger partial charge in [0.05, 0.1) is 4.92 Å². The van der Waals surface area contributed by atoms with Gasteiger partial charge in [0.25, 0.3) is 5.69 Å². The van der Waals surface area contributed by atoms with Crippen LogP contribution in [-0.2, 0) is 11.4 Å². The summed E-state index contributed by atoms with van der Waals surface area (Å²) in [4.78, 5) is 13.9. The first-order chi connectivity index (χ1) is 11.9. The van der Waals surface area contributed by atoms with E-state index in [1.807, 2.05) is 18.2 Å². The van der Waals surface area contributed by atoms with Gasteiger partial charge in [0, 0.05) is 39.7 Å². The number of nitro groups is 1. The second kappa shape index (κ2) is 6.90. The van der Waals surface area contributed by atoms with Crippen molar-refractivity contribution in [1.29, 1.82) is 0 Å². The molecule has 5 nitrogen and oxygen atoms in total. The molecule has 1 atom stereocenters. The van der Waals surface area contributed by atoms with E-state index >= 15 is 0 Å². The third-order valence-electron chi connectivity index (χ3n) is 4.21. The van der Waals surface area contributed by atoms with Gasteiger partial charge in [-0.2, -0.15) is 11.8 Å². The molecule has 0 aliphatic carbocycles. The zero-order valence-electron chi connectivity index (χ0n) is 14.2. The minimum atomic E-state index is -1.04. The van der Waals surface area contributed by atoms with E-state index in [9.17, 15) is 15.2 Å². The van der Waals surface area contributed by atoms with Crippen LogP contribution in [0.5, 0.6) is 0 Å². The number of H-pyrrole nitrogens is 1. The molecule has 0 spiro atoms. The van der Waals surface area contributed by atoms with Gasteiger partial charge in [0.15, 0.2) is 0 Å². The van der Waals surface area contributed by atoms with E-state index in [0.29, 0.717) is 17.0 Å². The second-order valence-corrected chi connectivity index (χ2v) is 7.40. The Morgan fingerprint density at radius 2 is 1.96 bits per heavy atom. The number of aliphatic hydroxyl groups is 1. The summed E-state index contributed by atoms with van der Waals surface area (Å²) in [6.45, 7) is 3.48. The number of hydrogen-bond acceptors (Lipinski definition) is 4. The van der Waals surface area contributed by atoms with Crippen molar-refractivity contribution in [2.24, 2.45) is 0 Å². The van der Waals surface area contributed by atoms with Crippen LogP contribution in [0.15, 0.2) is 48.5 Å². The van der Waals surface area contributed by atoms with E-state index < -0.39 is 5.60 Å². The Kier molecular flexibility index (Phi) is 4.83. The molecule has 1 aromatic heterocycles. The highest BCUT2D eigenvalue weighted by Crippen LogP contribution is 2.31. The lowest BCUT2D eigenvalue weighted by Gasteiger charge is -2.21. The Bertz CT molecular complexity index is 904. The molecule has 1 unspecified atom stereocenters. The highest BCUT2D eigenvalue weighted by Gasteiger charge is 2.26. The normalized spacial score (nSPS) is 13.7. The topological polar surface area (TPSA) is 79.2 Å². The van der Waals surface area contributed by atoms with Crippen molar-refractivity contribution < 1.29 is 10.0 Å². The zero-order valence-corrected chi connectivity index (χ0v) is 15.0. The van der Waals surface area contributed by atoms with Gasteiger partial charge in [-0.3, -0.25) is 10.1 Å². The molecule has 0 radical (unpaired) electrons. The Labute approximate surface area is 150 Å². The minimum Gasteiger partial charge on any atom is -0.383 e. The van der Waals surface area contributed by atoms with Gasteiger partial charge >= 0.3 is 0 Å². The Balaban J connectivity index is 1.78. The Morgan fingerprint density at radius 1 is 1.24 bits per heavy atom. The Hall–Kier alpha value is -2.31. The number of hydrogen-bond donors (Lipinski definition) is 2.